The standard InChI is InChI=1S/C14H23NO3/c1-14(11-16,15-2)8-5-9-18-13-7-4-6-12(10-13)17-3/h4,6-7,10,15-16H,5,8-9,11H2,1-3H3. The summed E-state index contributed by atoms with van der Waals surface area (Å²) in [5, 5.41) is 12.4. The Labute approximate surface area is 109 Å². The van der Waals surface area contributed by atoms with E-state index in [0.29, 0.717) is 6.61 Å². The lowest BCUT2D eigenvalue weighted by atomic mass is 9.97. The molecule has 0 saturated heterocycles. The average Bonchev–Trinajstić information content (AvgIpc) is 2.43. The van der Waals surface area contributed by atoms with Gasteiger partial charge in [-0.05, 0) is 38.9 Å². The Balaban J connectivity index is 2.33. The topological polar surface area (TPSA) is 50.7 Å². The molecule has 18 heavy (non-hydrogen) atoms. The predicted molar refractivity (Wildman–Crippen MR) is 72.3 cm³/mol. The monoisotopic (exact) mass is 253 g/mol. The zero-order valence-corrected chi connectivity index (χ0v) is 11.4. The molecule has 0 saturated carbocycles. The molecule has 0 aliphatic carbocycles. The van der Waals surface area contributed by atoms with Gasteiger partial charge in [0.15, 0.2) is 0 Å². The van der Waals surface area contributed by atoms with Gasteiger partial charge >= 0.3 is 0 Å². The van der Waals surface area contributed by atoms with Crippen LogP contribution < -0.4 is 14.8 Å². The zero-order valence-electron chi connectivity index (χ0n) is 11.4. The molecule has 1 rings (SSSR count). The first-order valence-corrected chi connectivity index (χ1v) is 6.20. The van der Waals surface area contributed by atoms with Crippen LogP contribution in [0.15, 0.2) is 24.3 Å². The molecule has 2 N–H and O–H groups in total. The van der Waals surface area contributed by atoms with E-state index in [1.165, 1.54) is 0 Å². The van der Waals surface area contributed by atoms with Crippen molar-refractivity contribution < 1.29 is 14.6 Å². The van der Waals surface area contributed by atoms with Gasteiger partial charge in [-0.15, -0.1) is 0 Å². The van der Waals surface area contributed by atoms with Crippen molar-refractivity contribution >= 4 is 0 Å². The van der Waals surface area contributed by atoms with Crippen molar-refractivity contribution in [3.63, 3.8) is 0 Å². The van der Waals surface area contributed by atoms with Gasteiger partial charge < -0.3 is 19.9 Å². The lowest BCUT2D eigenvalue weighted by Gasteiger charge is -2.26. The van der Waals surface area contributed by atoms with E-state index < -0.39 is 0 Å². The summed E-state index contributed by atoms with van der Waals surface area (Å²) in [6.45, 7) is 2.76. The fourth-order valence-corrected chi connectivity index (χ4v) is 1.63. The van der Waals surface area contributed by atoms with Crippen LogP contribution in [0.5, 0.6) is 11.5 Å². The van der Waals surface area contributed by atoms with E-state index in [-0.39, 0.29) is 12.1 Å². The molecule has 0 aliphatic rings. The summed E-state index contributed by atoms with van der Waals surface area (Å²) < 4.78 is 10.8. The maximum atomic E-state index is 9.25. The highest BCUT2D eigenvalue weighted by molar-refractivity contribution is 5.32. The molecule has 0 bridgehead atoms. The SMILES string of the molecule is CNC(C)(CO)CCCOc1cccc(OC)c1. The highest BCUT2D eigenvalue weighted by Gasteiger charge is 2.19. The number of methoxy groups -OCH3 is 1. The molecule has 4 nitrogen and oxygen atoms in total. The second-order valence-corrected chi connectivity index (χ2v) is 4.60. The van der Waals surface area contributed by atoms with Crippen LogP contribution in [0.3, 0.4) is 0 Å². The van der Waals surface area contributed by atoms with Gasteiger partial charge in [-0.2, -0.15) is 0 Å². The van der Waals surface area contributed by atoms with E-state index >= 15 is 0 Å². The maximum absolute atomic E-state index is 9.25. The average molecular weight is 253 g/mol. The van der Waals surface area contributed by atoms with Crippen LogP contribution in [0.2, 0.25) is 0 Å². The van der Waals surface area contributed by atoms with Gasteiger partial charge in [0.25, 0.3) is 0 Å². The van der Waals surface area contributed by atoms with E-state index in [2.05, 4.69) is 5.32 Å². The third-order valence-corrected chi connectivity index (χ3v) is 3.14. The number of benzene rings is 1. The van der Waals surface area contributed by atoms with Crippen LogP contribution in [0, 0.1) is 0 Å². The predicted octanol–water partition coefficient (Wildman–Crippen LogP) is 1.82. The van der Waals surface area contributed by atoms with Gasteiger partial charge in [-0.3, -0.25) is 0 Å². The summed E-state index contributed by atoms with van der Waals surface area (Å²) in [6.07, 6.45) is 1.75. The third-order valence-electron chi connectivity index (χ3n) is 3.14. The second kappa shape index (κ2) is 7.24. The lowest BCUT2D eigenvalue weighted by Crippen LogP contribution is -2.43. The van der Waals surface area contributed by atoms with Gasteiger partial charge in [0.2, 0.25) is 0 Å². The fourth-order valence-electron chi connectivity index (χ4n) is 1.63. The van der Waals surface area contributed by atoms with E-state index in [0.717, 1.165) is 24.3 Å². The molecular weight excluding hydrogens is 230 g/mol. The van der Waals surface area contributed by atoms with Crippen molar-refractivity contribution in [3.05, 3.63) is 24.3 Å². The molecular formula is C14H23NO3. The van der Waals surface area contributed by atoms with E-state index in [1.54, 1.807) is 7.11 Å². The zero-order chi connectivity index (χ0) is 13.4. The number of hydrogen-bond acceptors (Lipinski definition) is 4. The Bertz CT molecular complexity index is 351. The fraction of sp³-hybridized carbons (Fsp3) is 0.571. The normalized spacial score (nSPS) is 14.0. The Morgan fingerprint density at radius 1 is 1.33 bits per heavy atom. The summed E-state index contributed by atoms with van der Waals surface area (Å²) >= 11 is 0. The Morgan fingerprint density at radius 3 is 2.67 bits per heavy atom. The first-order valence-electron chi connectivity index (χ1n) is 6.20. The van der Waals surface area contributed by atoms with Crippen LogP contribution in [0.1, 0.15) is 19.8 Å². The molecule has 102 valence electrons. The number of aliphatic hydroxyl groups is 1. The van der Waals surface area contributed by atoms with E-state index in [9.17, 15) is 5.11 Å². The first-order chi connectivity index (χ1) is 8.63. The maximum Gasteiger partial charge on any atom is 0.122 e. The Hall–Kier alpha value is -1.26. The molecule has 0 heterocycles. The molecule has 1 unspecified atom stereocenters. The molecule has 0 fully saturated rings. The molecule has 1 aromatic carbocycles. The Morgan fingerprint density at radius 2 is 2.06 bits per heavy atom. The summed E-state index contributed by atoms with van der Waals surface area (Å²) in [5.41, 5.74) is -0.224. The molecule has 0 radical (unpaired) electrons. The van der Waals surface area contributed by atoms with Crippen molar-refractivity contribution in [1.82, 2.24) is 5.32 Å². The van der Waals surface area contributed by atoms with Crippen LogP contribution >= 0.6 is 0 Å². The number of aliphatic hydroxyl groups excluding tert-OH is 1. The van der Waals surface area contributed by atoms with Crippen LogP contribution in [0.25, 0.3) is 0 Å². The minimum atomic E-state index is -0.224. The lowest BCUT2D eigenvalue weighted by molar-refractivity contribution is 0.163. The quantitative estimate of drug-likeness (QED) is 0.694. The molecule has 1 aromatic rings. The molecule has 4 heteroatoms. The molecule has 0 aromatic heterocycles. The van der Waals surface area contributed by atoms with Crippen LogP contribution in [-0.2, 0) is 0 Å². The highest BCUT2D eigenvalue weighted by Crippen LogP contribution is 2.19. The summed E-state index contributed by atoms with van der Waals surface area (Å²) in [4.78, 5) is 0. The summed E-state index contributed by atoms with van der Waals surface area (Å²) in [7, 11) is 3.50. The first kappa shape index (κ1) is 14.8. The third kappa shape index (κ3) is 4.55. The van der Waals surface area contributed by atoms with E-state index in [4.69, 9.17) is 9.47 Å². The second-order valence-electron chi connectivity index (χ2n) is 4.60. The Kier molecular flexibility index (Phi) is 5.95. The minimum absolute atomic E-state index is 0.128. The summed E-state index contributed by atoms with van der Waals surface area (Å²) in [6, 6.07) is 7.56. The number of likely N-dealkylation sites (N-methyl/N-ethyl adjacent to an activating group) is 1. The van der Waals surface area contributed by atoms with E-state index in [1.807, 2.05) is 38.2 Å². The van der Waals surface area contributed by atoms with Crippen molar-refractivity contribution in [1.29, 1.82) is 0 Å². The van der Waals surface area contributed by atoms with Crippen LogP contribution in [-0.4, -0.2) is 38.0 Å². The van der Waals surface area contributed by atoms with Gasteiger partial charge in [0, 0.05) is 11.6 Å². The molecule has 0 aliphatic heterocycles. The smallest absolute Gasteiger partial charge is 0.122 e. The minimum Gasteiger partial charge on any atom is -0.497 e. The number of rotatable bonds is 8. The highest BCUT2D eigenvalue weighted by atomic mass is 16.5. The van der Waals surface area contributed by atoms with Crippen molar-refractivity contribution in [2.45, 2.75) is 25.3 Å². The van der Waals surface area contributed by atoms with Crippen molar-refractivity contribution in [3.8, 4) is 11.5 Å². The number of nitrogens with one attached hydrogen (secondary N) is 1. The number of ether oxygens (including phenoxy) is 2. The molecule has 1 atom stereocenters. The van der Waals surface area contributed by atoms with Crippen LogP contribution in [0.4, 0.5) is 0 Å². The summed E-state index contributed by atoms with van der Waals surface area (Å²) in [5.74, 6) is 1.60. The largest absolute Gasteiger partial charge is 0.497 e. The van der Waals surface area contributed by atoms with Gasteiger partial charge in [0.05, 0.1) is 20.3 Å². The van der Waals surface area contributed by atoms with Gasteiger partial charge in [0.1, 0.15) is 11.5 Å². The molecule has 0 amide bonds. The van der Waals surface area contributed by atoms with Crippen molar-refractivity contribution in [2.24, 2.45) is 0 Å². The molecule has 0 spiro atoms. The van der Waals surface area contributed by atoms with Gasteiger partial charge in [-0.25, -0.2) is 0 Å². The van der Waals surface area contributed by atoms with Crippen molar-refractivity contribution in [2.75, 3.05) is 27.4 Å². The van der Waals surface area contributed by atoms with Gasteiger partial charge in [-0.1, -0.05) is 6.07 Å². The number of hydrogen-bond donors (Lipinski definition) is 2.